The van der Waals surface area contributed by atoms with E-state index in [0.717, 1.165) is 38.4 Å². The Balaban J connectivity index is 0.00000794. The van der Waals surface area contributed by atoms with Crippen molar-refractivity contribution in [2.45, 2.75) is 19.6 Å². The number of nitrogens with zero attached hydrogens (tertiary/aromatic N) is 7. The molecule has 1 aliphatic heterocycles. The number of pyridine rings is 1. The zero-order chi connectivity index (χ0) is 42.6. The van der Waals surface area contributed by atoms with Gasteiger partial charge in [0, 0.05) is 151 Å². The van der Waals surface area contributed by atoms with Crippen LogP contribution in [0.25, 0.3) is 21.7 Å². The van der Waals surface area contributed by atoms with Crippen LogP contribution in [0.15, 0.2) is 66.9 Å². The van der Waals surface area contributed by atoms with Crippen molar-refractivity contribution in [3.8, 4) is 0 Å². The fourth-order valence-electron chi connectivity index (χ4n) is 7.54. The summed E-state index contributed by atoms with van der Waals surface area (Å²) in [5.41, 5.74) is 3.91. The van der Waals surface area contributed by atoms with E-state index in [4.69, 9.17) is 4.84 Å². The minimum Gasteiger partial charge on any atom is -0.480 e. The predicted octanol–water partition coefficient (Wildman–Crippen LogP) is -0.564. The number of benzene rings is 3. The normalized spacial score (nSPS) is 15.3. The van der Waals surface area contributed by atoms with E-state index >= 15 is 0 Å². The average Bonchev–Trinajstić information content (AvgIpc) is 3.18. The maximum Gasteiger partial charge on any atom is 0.488 e. The van der Waals surface area contributed by atoms with Gasteiger partial charge in [-0.25, -0.2) is 0 Å². The van der Waals surface area contributed by atoms with E-state index in [1.54, 1.807) is 51.9 Å². The minimum atomic E-state index is -1.65. The fraction of sp³-hybridized carbons (Fsp3) is 0.439. The Morgan fingerprint density at radius 3 is 1.75 bits per heavy atom. The first-order valence-corrected chi connectivity index (χ1v) is 19.5. The molecule has 0 atom stereocenters. The van der Waals surface area contributed by atoms with E-state index in [1.807, 2.05) is 47.4 Å². The first-order chi connectivity index (χ1) is 28.2. The second kappa shape index (κ2) is 23.7. The van der Waals surface area contributed by atoms with Crippen LogP contribution in [0, 0.1) is 49.4 Å². The summed E-state index contributed by atoms with van der Waals surface area (Å²) >= 11 is 0. The Bertz CT molecular complexity index is 2080. The number of aliphatic carboxylic acids is 3. The van der Waals surface area contributed by atoms with Crippen LogP contribution in [-0.4, -0.2) is 186 Å². The molecule has 323 valence electrons. The first-order valence-electron chi connectivity index (χ1n) is 19.5. The van der Waals surface area contributed by atoms with E-state index in [1.165, 1.54) is 0 Å². The van der Waals surface area contributed by atoms with Gasteiger partial charge in [-0.3, -0.25) is 38.8 Å². The molecule has 19 heteroatoms. The number of carbonyl (C=O) groups excluding carboxylic acids is 1. The summed E-state index contributed by atoms with van der Waals surface area (Å²) < 4.78 is 2.14. The van der Waals surface area contributed by atoms with Gasteiger partial charge >= 0.3 is 25.0 Å². The molecule has 1 radical (unpaired) electrons. The van der Waals surface area contributed by atoms with Gasteiger partial charge in [-0.2, -0.15) is 9.63 Å². The number of carboxylic acids is 3. The summed E-state index contributed by atoms with van der Waals surface area (Å²) in [4.78, 5) is 62.9. The molecule has 5 rings (SSSR count). The van der Waals surface area contributed by atoms with Crippen molar-refractivity contribution in [2.24, 2.45) is 0 Å². The van der Waals surface area contributed by atoms with Crippen LogP contribution in [0.4, 0.5) is 0 Å². The number of hydrogen-bond donors (Lipinski definition) is 5. The van der Waals surface area contributed by atoms with Crippen molar-refractivity contribution in [1.29, 1.82) is 0 Å². The number of carbonyl (C=O) groups is 4. The van der Waals surface area contributed by atoms with Gasteiger partial charge < -0.3 is 35.1 Å². The molecule has 17 nitrogen and oxygen atoms in total. The van der Waals surface area contributed by atoms with Crippen LogP contribution in [0.1, 0.15) is 16.7 Å². The zero-order valence-corrected chi connectivity index (χ0v) is 36.7. The number of hydrogen-bond acceptors (Lipinski definition) is 12. The number of likely N-dealkylation sites (N-methyl/N-ethyl adjacent to an activating group) is 1. The van der Waals surface area contributed by atoms with E-state index < -0.39 is 25.0 Å². The Hall–Kier alpha value is -3.46. The number of amides is 1. The largest absolute Gasteiger partial charge is 0.488 e. The van der Waals surface area contributed by atoms with Crippen molar-refractivity contribution >= 4 is 58.1 Å². The summed E-state index contributed by atoms with van der Waals surface area (Å²) in [5, 5.41) is 53.6. The van der Waals surface area contributed by atoms with Gasteiger partial charge in [-0.1, -0.05) is 42.5 Å². The van der Waals surface area contributed by atoms with Crippen molar-refractivity contribution in [3.05, 3.63) is 83.6 Å². The first kappa shape index (κ1) is 49.2. The molecule has 4 aromatic rings. The van der Waals surface area contributed by atoms with Gasteiger partial charge in [0.25, 0.3) is 0 Å². The molecule has 1 aliphatic rings. The van der Waals surface area contributed by atoms with Crippen molar-refractivity contribution < 1.29 is 103 Å². The van der Waals surface area contributed by atoms with E-state index in [0.29, 0.717) is 64.4 Å². The summed E-state index contributed by atoms with van der Waals surface area (Å²) in [6.07, 6.45) is 2.08. The maximum absolute atomic E-state index is 13.8. The van der Waals surface area contributed by atoms with Gasteiger partial charge in [0.1, 0.15) is 0 Å². The van der Waals surface area contributed by atoms with Crippen LogP contribution in [0.2, 0.25) is 0 Å². The Morgan fingerprint density at radius 2 is 1.23 bits per heavy atom. The molecular formula is C41H55BEuN7O10+. The topological polar surface area (TPSA) is 202 Å². The minimum absolute atomic E-state index is 0. The van der Waals surface area contributed by atoms with Crippen LogP contribution in [0.5, 0.6) is 0 Å². The Labute approximate surface area is 390 Å². The summed E-state index contributed by atoms with van der Waals surface area (Å²) in [6, 6.07) is 19.6. The van der Waals surface area contributed by atoms with Gasteiger partial charge in [0.2, 0.25) is 11.4 Å². The fourth-order valence-corrected chi connectivity index (χ4v) is 7.54. The Kier molecular flexibility index (Phi) is 19.4. The standard InChI is InChI=1S/C41H54BN7O10.Eu/c1-43(38(50)26-45-13-15-46(27-39(51)52)17-19-48(29-41(55)56)20-18-47(16-14-45)28-40(53)54)22-30-11-12-37-34(21-30)33-9-5-4-7-31(33)23-49(37)24-32-8-6-10-36(42(57)58)35(32)25-44(2)59-3;/h4-12,21,23,57-58H,13-20,22,24-29H2,1-3H3,(H2-,51,52,53,54,55,56);/p+1. The SMILES string of the molecule is CON(C)Cc1c(C[n+]2cc3ccccc3c3cc(CN(C)C(=O)CN4CCN(CC(=O)O)CCN(CC(=O)O)CCN(CC(=O)O)CC4)ccc32)cccc1B(O)O.[Eu]. The van der Waals surface area contributed by atoms with Crippen molar-refractivity contribution in [2.75, 3.05) is 99.7 Å². The molecule has 60 heavy (non-hydrogen) atoms. The molecule has 1 amide bonds. The smallest absolute Gasteiger partial charge is 0.480 e. The second-order valence-electron chi connectivity index (χ2n) is 15.1. The van der Waals surface area contributed by atoms with E-state index in [-0.39, 0.29) is 94.6 Å². The molecular weight excluding hydrogens is 913 g/mol. The quantitative estimate of drug-likeness (QED) is 0.0414. The average molecular weight is 969 g/mol. The molecule has 3 aromatic carbocycles. The van der Waals surface area contributed by atoms with Crippen molar-refractivity contribution in [1.82, 2.24) is 29.6 Å². The molecule has 0 saturated carbocycles. The third-order valence-corrected chi connectivity index (χ3v) is 10.7. The predicted molar refractivity (Wildman–Crippen MR) is 221 cm³/mol. The zero-order valence-electron chi connectivity index (χ0n) is 34.3. The summed E-state index contributed by atoms with van der Waals surface area (Å²) in [6.45, 7) is 2.87. The number of hydroxylamine groups is 2. The molecule has 5 N–H and O–H groups in total. The monoisotopic (exact) mass is 969 g/mol. The third kappa shape index (κ3) is 14.3. The third-order valence-electron chi connectivity index (χ3n) is 10.7. The van der Waals surface area contributed by atoms with E-state index in [2.05, 4.69) is 22.9 Å². The van der Waals surface area contributed by atoms with Crippen LogP contribution in [-0.2, 0) is 43.7 Å². The number of aromatic nitrogens is 1. The summed E-state index contributed by atoms with van der Waals surface area (Å²) in [7, 11) is 3.41. The molecule has 0 spiro atoms. The van der Waals surface area contributed by atoms with Gasteiger partial charge in [0.15, 0.2) is 12.7 Å². The van der Waals surface area contributed by atoms with Crippen molar-refractivity contribution in [3.63, 3.8) is 0 Å². The number of fused-ring (bicyclic) bond motifs is 3. The van der Waals surface area contributed by atoms with Gasteiger partial charge in [-0.15, -0.1) is 0 Å². The van der Waals surface area contributed by atoms with Crippen LogP contribution >= 0.6 is 0 Å². The molecule has 0 aliphatic carbocycles. The van der Waals surface area contributed by atoms with Crippen LogP contribution in [0.3, 0.4) is 0 Å². The maximum atomic E-state index is 13.8. The van der Waals surface area contributed by atoms with E-state index in [9.17, 15) is 44.5 Å². The molecule has 0 bridgehead atoms. The molecule has 1 saturated heterocycles. The number of carboxylic acid groups (broad SMARTS) is 3. The Morgan fingerprint density at radius 1 is 0.700 bits per heavy atom. The van der Waals surface area contributed by atoms with Gasteiger partial charge in [-0.05, 0) is 28.7 Å². The second-order valence-corrected chi connectivity index (χ2v) is 15.1. The molecule has 2 heterocycles. The van der Waals surface area contributed by atoms with Crippen LogP contribution < -0.4 is 10.0 Å². The molecule has 0 unspecified atom stereocenters. The number of rotatable bonds is 16. The molecule has 1 fully saturated rings. The van der Waals surface area contributed by atoms with Gasteiger partial charge in [0.05, 0.1) is 38.7 Å². The summed E-state index contributed by atoms with van der Waals surface area (Å²) in [5.74, 6) is -3.21. The molecule has 1 aromatic heterocycles.